The minimum absolute atomic E-state index is 0.0342. The van der Waals surface area contributed by atoms with Gasteiger partial charge in [-0.3, -0.25) is 14.7 Å². The van der Waals surface area contributed by atoms with Crippen LogP contribution in [0.4, 0.5) is 0 Å². The van der Waals surface area contributed by atoms with Crippen LogP contribution in [-0.4, -0.2) is 56.7 Å². The molecular weight excluding hydrogens is 402 g/mol. The summed E-state index contributed by atoms with van der Waals surface area (Å²) in [6.45, 7) is 8.49. The molecule has 1 saturated heterocycles. The third-order valence-electron chi connectivity index (χ3n) is 5.47. The molecule has 2 aromatic carbocycles. The minimum Gasteiger partial charge on any atom is -0.379 e. The molecule has 0 atom stereocenters. The molecule has 0 spiro atoms. The van der Waals surface area contributed by atoms with E-state index in [1.807, 2.05) is 31.2 Å². The molecule has 0 bridgehead atoms. The van der Waals surface area contributed by atoms with Gasteiger partial charge in [-0.1, -0.05) is 43.3 Å². The van der Waals surface area contributed by atoms with Crippen LogP contribution in [0.25, 0.3) is 0 Å². The average Bonchev–Trinajstić information content (AvgIpc) is 2.84. The molecule has 32 heavy (non-hydrogen) atoms. The molecule has 7 heteroatoms. The number of benzene rings is 2. The van der Waals surface area contributed by atoms with Gasteiger partial charge in [0, 0.05) is 51.9 Å². The SMILES string of the molecule is CCCNC(=O)c1cccc(CNC(=NC)NCc2ccccc2CN2CCOCC2)c1. The van der Waals surface area contributed by atoms with Crippen LogP contribution in [0.2, 0.25) is 0 Å². The predicted octanol–water partition coefficient (Wildman–Crippen LogP) is 2.52. The van der Waals surface area contributed by atoms with Crippen molar-refractivity contribution in [2.45, 2.75) is 33.0 Å². The third kappa shape index (κ3) is 7.35. The van der Waals surface area contributed by atoms with Crippen LogP contribution in [0.3, 0.4) is 0 Å². The second-order valence-corrected chi connectivity index (χ2v) is 7.89. The minimum atomic E-state index is -0.0342. The maximum absolute atomic E-state index is 12.2. The number of carbonyl (C=O) groups is 1. The van der Waals surface area contributed by atoms with Crippen LogP contribution in [0.15, 0.2) is 53.5 Å². The van der Waals surface area contributed by atoms with E-state index in [-0.39, 0.29) is 5.91 Å². The largest absolute Gasteiger partial charge is 0.379 e. The summed E-state index contributed by atoms with van der Waals surface area (Å²) in [6, 6.07) is 16.2. The van der Waals surface area contributed by atoms with Crippen LogP contribution < -0.4 is 16.0 Å². The van der Waals surface area contributed by atoms with Gasteiger partial charge in [-0.05, 0) is 35.2 Å². The molecule has 0 saturated carbocycles. The first-order chi connectivity index (χ1) is 15.7. The van der Waals surface area contributed by atoms with Crippen LogP contribution in [-0.2, 0) is 24.4 Å². The predicted molar refractivity (Wildman–Crippen MR) is 129 cm³/mol. The van der Waals surface area contributed by atoms with Gasteiger partial charge < -0.3 is 20.7 Å². The molecule has 7 nitrogen and oxygen atoms in total. The Labute approximate surface area is 191 Å². The molecule has 1 aliphatic rings. The maximum Gasteiger partial charge on any atom is 0.251 e. The van der Waals surface area contributed by atoms with E-state index in [2.05, 4.69) is 50.1 Å². The Hall–Kier alpha value is -2.90. The van der Waals surface area contributed by atoms with Gasteiger partial charge in [-0.25, -0.2) is 0 Å². The quantitative estimate of drug-likeness (QED) is 0.415. The second-order valence-electron chi connectivity index (χ2n) is 7.89. The molecule has 1 amide bonds. The van der Waals surface area contributed by atoms with Gasteiger partial charge in [0.15, 0.2) is 5.96 Å². The Morgan fingerprint density at radius 1 is 1.00 bits per heavy atom. The molecule has 0 aliphatic carbocycles. The zero-order chi connectivity index (χ0) is 22.6. The van der Waals surface area contributed by atoms with Gasteiger partial charge in [-0.15, -0.1) is 0 Å². The summed E-state index contributed by atoms with van der Waals surface area (Å²) in [5.74, 6) is 0.695. The van der Waals surface area contributed by atoms with E-state index in [1.54, 1.807) is 7.05 Å². The monoisotopic (exact) mass is 437 g/mol. The van der Waals surface area contributed by atoms with Crippen molar-refractivity contribution in [1.29, 1.82) is 0 Å². The lowest BCUT2D eigenvalue weighted by molar-refractivity contribution is 0.0341. The molecule has 3 rings (SSSR count). The number of carbonyl (C=O) groups excluding carboxylic acids is 1. The normalized spacial score (nSPS) is 14.8. The fourth-order valence-corrected chi connectivity index (χ4v) is 3.63. The number of morpholine rings is 1. The van der Waals surface area contributed by atoms with Crippen molar-refractivity contribution < 1.29 is 9.53 Å². The van der Waals surface area contributed by atoms with Crippen molar-refractivity contribution >= 4 is 11.9 Å². The third-order valence-corrected chi connectivity index (χ3v) is 5.47. The topological polar surface area (TPSA) is 78.0 Å². The average molecular weight is 438 g/mol. The summed E-state index contributed by atoms with van der Waals surface area (Å²) < 4.78 is 5.46. The van der Waals surface area contributed by atoms with Gasteiger partial charge >= 0.3 is 0 Å². The van der Waals surface area contributed by atoms with Crippen molar-refractivity contribution in [2.24, 2.45) is 4.99 Å². The molecule has 1 aliphatic heterocycles. The maximum atomic E-state index is 12.2. The smallest absolute Gasteiger partial charge is 0.251 e. The van der Waals surface area contributed by atoms with E-state index in [9.17, 15) is 4.79 Å². The van der Waals surface area contributed by atoms with Crippen molar-refractivity contribution in [3.63, 3.8) is 0 Å². The van der Waals surface area contributed by atoms with E-state index in [1.165, 1.54) is 11.1 Å². The number of hydrogen-bond donors (Lipinski definition) is 3. The molecule has 3 N–H and O–H groups in total. The molecular formula is C25H35N5O2. The van der Waals surface area contributed by atoms with Crippen LogP contribution in [0.5, 0.6) is 0 Å². The summed E-state index contributed by atoms with van der Waals surface area (Å²) in [7, 11) is 1.77. The molecule has 0 aromatic heterocycles. The van der Waals surface area contributed by atoms with Crippen molar-refractivity contribution in [2.75, 3.05) is 39.9 Å². The van der Waals surface area contributed by atoms with Crippen molar-refractivity contribution in [3.8, 4) is 0 Å². The van der Waals surface area contributed by atoms with E-state index in [0.717, 1.165) is 50.8 Å². The first-order valence-electron chi connectivity index (χ1n) is 11.4. The number of hydrogen-bond acceptors (Lipinski definition) is 4. The second kappa shape index (κ2) is 12.8. The number of nitrogens with one attached hydrogen (secondary N) is 3. The summed E-state index contributed by atoms with van der Waals surface area (Å²) in [5.41, 5.74) is 4.29. The number of ether oxygens (including phenoxy) is 1. The van der Waals surface area contributed by atoms with Gasteiger partial charge in [0.05, 0.1) is 13.2 Å². The van der Waals surface area contributed by atoms with Gasteiger partial charge in [0.25, 0.3) is 5.91 Å². The first-order valence-corrected chi connectivity index (χ1v) is 11.4. The van der Waals surface area contributed by atoms with Crippen molar-refractivity contribution in [3.05, 3.63) is 70.8 Å². The first kappa shape index (κ1) is 23.8. The summed E-state index contributed by atoms with van der Waals surface area (Å²) in [6.07, 6.45) is 0.921. The highest BCUT2D eigenvalue weighted by Crippen LogP contribution is 2.13. The molecule has 0 unspecified atom stereocenters. The van der Waals surface area contributed by atoms with Crippen LogP contribution >= 0.6 is 0 Å². The highest BCUT2D eigenvalue weighted by molar-refractivity contribution is 5.94. The Balaban J connectivity index is 1.53. The zero-order valence-corrected chi connectivity index (χ0v) is 19.2. The molecule has 1 fully saturated rings. The number of guanidine groups is 1. The Morgan fingerprint density at radius 3 is 2.50 bits per heavy atom. The Kier molecular flexibility index (Phi) is 9.53. The summed E-state index contributed by atoms with van der Waals surface area (Å²) >= 11 is 0. The fraction of sp³-hybridized carbons (Fsp3) is 0.440. The fourth-order valence-electron chi connectivity index (χ4n) is 3.63. The molecule has 172 valence electrons. The van der Waals surface area contributed by atoms with E-state index in [4.69, 9.17) is 4.74 Å². The lowest BCUT2D eigenvalue weighted by Gasteiger charge is -2.27. The van der Waals surface area contributed by atoms with Crippen molar-refractivity contribution in [1.82, 2.24) is 20.9 Å². The van der Waals surface area contributed by atoms with E-state index >= 15 is 0 Å². The van der Waals surface area contributed by atoms with Gasteiger partial charge in [0.2, 0.25) is 0 Å². The number of aliphatic imine (C=N–C) groups is 1. The number of rotatable bonds is 9. The number of amides is 1. The summed E-state index contributed by atoms with van der Waals surface area (Å²) in [5, 5.41) is 9.68. The van der Waals surface area contributed by atoms with Crippen LogP contribution in [0, 0.1) is 0 Å². The Bertz CT molecular complexity index is 893. The standard InChI is InChI=1S/C25H35N5O2/c1-3-11-27-24(31)21-10-6-7-20(16-21)17-28-25(26-2)29-18-22-8-4-5-9-23(22)19-30-12-14-32-15-13-30/h4-10,16H,3,11-15,17-19H2,1-2H3,(H,27,31)(H2,26,28,29). The highest BCUT2D eigenvalue weighted by Gasteiger charge is 2.13. The summed E-state index contributed by atoms with van der Waals surface area (Å²) in [4.78, 5) is 19.0. The van der Waals surface area contributed by atoms with E-state index < -0.39 is 0 Å². The van der Waals surface area contributed by atoms with Gasteiger partial charge in [-0.2, -0.15) is 0 Å². The van der Waals surface area contributed by atoms with Gasteiger partial charge in [0.1, 0.15) is 0 Å². The molecule has 0 radical (unpaired) electrons. The molecule has 1 heterocycles. The lowest BCUT2D eigenvalue weighted by atomic mass is 10.1. The lowest BCUT2D eigenvalue weighted by Crippen LogP contribution is -2.37. The number of nitrogens with zero attached hydrogens (tertiary/aromatic N) is 2. The highest BCUT2D eigenvalue weighted by atomic mass is 16.5. The van der Waals surface area contributed by atoms with E-state index in [0.29, 0.717) is 25.2 Å². The van der Waals surface area contributed by atoms with Crippen LogP contribution in [0.1, 0.15) is 40.4 Å². The Morgan fingerprint density at radius 2 is 1.75 bits per heavy atom. The zero-order valence-electron chi connectivity index (χ0n) is 19.2. The molecule has 2 aromatic rings.